The molecule has 1 aromatic carbocycles. The van der Waals surface area contributed by atoms with Gasteiger partial charge in [0, 0.05) is 11.9 Å². The molecule has 118 valence electrons. The summed E-state index contributed by atoms with van der Waals surface area (Å²) in [5.41, 5.74) is 1.54. The molecule has 3 aromatic rings. The van der Waals surface area contributed by atoms with Crippen LogP contribution in [0.1, 0.15) is 31.4 Å². The number of hydrogen-bond acceptors (Lipinski definition) is 6. The number of fused-ring (bicyclic) bond motifs is 2. The lowest BCUT2D eigenvalue weighted by Crippen LogP contribution is -2.08. The van der Waals surface area contributed by atoms with Crippen LogP contribution in [0, 0.1) is 0 Å². The second kappa shape index (κ2) is 5.38. The predicted molar refractivity (Wildman–Crippen MR) is 90.1 cm³/mol. The van der Waals surface area contributed by atoms with Crippen molar-refractivity contribution in [3.05, 3.63) is 30.0 Å². The number of Topliss-reactive ketones (excluding diaryl/α,β-unsaturated/α-hetero) is 1. The summed E-state index contributed by atoms with van der Waals surface area (Å²) >= 11 is 1.51. The molecule has 23 heavy (non-hydrogen) atoms. The molecule has 0 spiro atoms. The number of benzene rings is 1. The van der Waals surface area contributed by atoms with E-state index in [1.807, 2.05) is 6.07 Å². The fraction of sp³-hybridized carbons (Fsp3) is 0.294. The molecule has 1 atom stereocenters. The van der Waals surface area contributed by atoms with E-state index in [2.05, 4.69) is 10.3 Å². The van der Waals surface area contributed by atoms with Crippen molar-refractivity contribution >= 4 is 33.1 Å². The molecular formula is C17H16N2O3S. The molecule has 6 heteroatoms. The maximum atomic E-state index is 11.9. The Morgan fingerprint density at radius 1 is 1.43 bits per heavy atom. The number of thiazole rings is 1. The molecule has 0 saturated heterocycles. The first kappa shape index (κ1) is 14.3. The van der Waals surface area contributed by atoms with Crippen molar-refractivity contribution in [2.24, 2.45) is 0 Å². The third kappa shape index (κ3) is 2.49. The molecule has 4 rings (SSSR count). The molecule has 1 aliphatic rings. The average molecular weight is 328 g/mol. The van der Waals surface area contributed by atoms with Crippen LogP contribution in [0.3, 0.4) is 0 Å². The van der Waals surface area contributed by atoms with E-state index in [-0.39, 0.29) is 17.5 Å². The minimum atomic E-state index is -0.140. The van der Waals surface area contributed by atoms with Gasteiger partial charge in [-0.05, 0) is 44.0 Å². The minimum absolute atomic E-state index is 0.140. The smallest absolute Gasteiger partial charge is 0.164 e. The SMILES string of the molecule is CC(=O)C1CCCNc2sc(-c3cc4cc(O)ccc4o3)nc21. The van der Waals surface area contributed by atoms with E-state index in [1.54, 1.807) is 25.1 Å². The van der Waals surface area contributed by atoms with Gasteiger partial charge in [0.2, 0.25) is 0 Å². The highest BCUT2D eigenvalue weighted by molar-refractivity contribution is 7.19. The number of rotatable bonds is 2. The number of anilines is 1. The van der Waals surface area contributed by atoms with E-state index < -0.39 is 0 Å². The van der Waals surface area contributed by atoms with Crippen LogP contribution >= 0.6 is 11.3 Å². The Labute approximate surface area is 137 Å². The average Bonchev–Trinajstić information content (AvgIpc) is 3.06. The zero-order valence-electron chi connectivity index (χ0n) is 12.6. The Balaban J connectivity index is 1.80. The Morgan fingerprint density at radius 2 is 2.30 bits per heavy atom. The van der Waals surface area contributed by atoms with Crippen LogP contribution in [-0.4, -0.2) is 22.4 Å². The quantitative estimate of drug-likeness (QED) is 0.739. The predicted octanol–water partition coefficient (Wildman–Crippen LogP) is 4.14. The number of hydrogen-bond donors (Lipinski definition) is 2. The van der Waals surface area contributed by atoms with Crippen LogP contribution in [0.5, 0.6) is 5.75 Å². The summed E-state index contributed by atoms with van der Waals surface area (Å²) in [6, 6.07) is 6.87. The Morgan fingerprint density at radius 3 is 3.13 bits per heavy atom. The Bertz CT molecular complexity index is 897. The molecule has 0 fully saturated rings. The number of phenolic OH excluding ortho intramolecular Hbond substituents is 1. The van der Waals surface area contributed by atoms with E-state index in [4.69, 9.17) is 4.42 Å². The lowest BCUT2D eigenvalue weighted by molar-refractivity contribution is -0.118. The van der Waals surface area contributed by atoms with Crippen molar-refractivity contribution < 1.29 is 14.3 Å². The molecule has 1 aliphatic heterocycles. The molecule has 5 nitrogen and oxygen atoms in total. The molecule has 2 aromatic heterocycles. The van der Waals surface area contributed by atoms with Crippen LogP contribution < -0.4 is 5.32 Å². The Hall–Kier alpha value is -2.34. The number of carbonyl (C=O) groups excluding carboxylic acids is 1. The van der Waals surface area contributed by atoms with Gasteiger partial charge >= 0.3 is 0 Å². The van der Waals surface area contributed by atoms with Crippen molar-refractivity contribution in [1.29, 1.82) is 0 Å². The third-order valence-corrected chi connectivity index (χ3v) is 5.18. The maximum Gasteiger partial charge on any atom is 0.164 e. The second-order valence-electron chi connectivity index (χ2n) is 5.80. The zero-order chi connectivity index (χ0) is 16.0. The van der Waals surface area contributed by atoms with Gasteiger partial charge < -0.3 is 14.8 Å². The molecule has 0 saturated carbocycles. The van der Waals surface area contributed by atoms with Crippen molar-refractivity contribution in [1.82, 2.24) is 4.98 Å². The molecule has 3 heterocycles. The van der Waals surface area contributed by atoms with Gasteiger partial charge in [0.15, 0.2) is 10.8 Å². The summed E-state index contributed by atoms with van der Waals surface area (Å²) in [6.45, 7) is 2.48. The number of aromatic hydroxyl groups is 1. The highest BCUT2D eigenvalue weighted by atomic mass is 32.1. The minimum Gasteiger partial charge on any atom is -0.508 e. The van der Waals surface area contributed by atoms with Gasteiger partial charge in [-0.2, -0.15) is 0 Å². The summed E-state index contributed by atoms with van der Waals surface area (Å²) in [6.07, 6.45) is 1.79. The first-order valence-electron chi connectivity index (χ1n) is 7.60. The fourth-order valence-electron chi connectivity index (χ4n) is 2.98. The monoisotopic (exact) mass is 328 g/mol. The van der Waals surface area contributed by atoms with E-state index >= 15 is 0 Å². The van der Waals surface area contributed by atoms with Crippen LogP contribution in [0.4, 0.5) is 5.00 Å². The fourth-order valence-corrected chi connectivity index (χ4v) is 3.98. The summed E-state index contributed by atoms with van der Waals surface area (Å²) in [4.78, 5) is 16.6. The van der Waals surface area contributed by atoms with Crippen molar-refractivity contribution in [2.45, 2.75) is 25.7 Å². The van der Waals surface area contributed by atoms with E-state index in [9.17, 15) is 9.90 Å². The van der Waals surface area contributed by atoms with E-state index in [0.717, 1.165) is 40.5 Å². The Kier molecular flexibility index (Phi) is 3.34. The standard InChI is InChI=1S/C17H16N2O3S/c1-9(20)12-3-2-6-18-17-15(12)19-16(23-17)14-8-10-7-11(21)4-5-13(10)22-14/h4-5,7-8,12,18,21H,2-3,6H2,1H3. The first-order valence-corrected chi connectivity index (χ1v) is 8.41. The van der Waals surface area contributed by atoms with Gasteiger partial charge in [0.25, 0.3) is 0 Å². The lowest BCUT2D eigenvalue weighted by atomic mass is 9.97. The topological polar surface area (TPSA) is 75.4 Å². The highest BCUT2D eigenvalue weighted by Crippen LogP contribution is 2.41. The number of nitrogens with one attached hydrogen (secondary N) is 1. The molecule has 0 bridgehead atoms. The maximum absolute atomic E-state index is 11.9. The van der Waals surface area contributed by atoms with Crippen LogP contribution in [0.2, 0.25) is 0 Å². The zero-order valence-corrected chi connectivity index (χ0v) is 13.4. The number of ketones is 1. The van der Waals surface area contributed by atoms with Crippen LogP contribution in [0.25, 0.3) is 21.7 Å². The summed E-state index contributed by atoms with van der Waals surface area (Å²) < 4.78 is 5.84. The van der Waals surface area contributed by atoms with Crippen molar-refractivity contribution in [3.8, 4) is 16.5 Å². The van der Waals surface area contributed by atoms with E-state index in [0.29, 0.717) is 11.3 Å². The van der Waals surface area contributed by atoms with Gasteiger partial charge in [-0.15, -0.1) is 0 Å². The number of nitrogens with zero attached hydrogens (tertiary/aromatic N) is 1. The molecule has 0 amide bonds. The van der Waals surface area contributed by atoms with Crippen molar-refractivity contribution in [3.63, 3.8) is 0 Å². The van der Waals surface area contributed by atoms with Gasteiger partial charge in [-0.1, -0.05) is 11.3 Å². The number of carbonyl (C=O) groups is 1. The van der Waals surface area contributed by atoms with Gasteiger partial charge in [0.1, 0.15) is 22.1 Å². The second-order valence-corrected chi connectivity index (χ2v) is 6.80. The third-order valence-electron chi connectivity index (χ3n) is 4.14. The normalized spacial score (nSPS) is 17.5. The number of furan rings is 1. The van der Waals surface area contributed by atoms with Crippen LogP contribution in [-0.2, 0) is 4.79 Å². The lowest BCUT2D eigenvalue weighted by Gasteiger charge is -2.08. The number of phenols is 1. The summed E-state index contributed by atoms with van der Waals surface area (Å²) in [5.74, 6) is 0.880. The molecule has 1 unspecified atom stereocenters. The van der Waals surface area contributed by atoms with Gasteiger partial charge in [-0.25, -0.2) is 4.98 Å². The first-order chi connectivity index (χ1) is 11.1. The van der Waals surface area contributed by atoms with E-state index in [1.165, 1.54) is 11.3 Å². The van der Waals surface area contributed by atoms with Crippen molar-refractivity contribution in [2.75, 3.05) is 11.9 Å². The molecule has 2 N–H and O–H groups in total. The van der Waals surface area contributed by atoms with Gasteiger partial charge in [0.05, 0.1) is 11.6 Å². The molecule has 0 aliphatic carbocycles. The summed E-state index contributed by atoms with van der Waals surface area (Å²) in [5, 5.41) is 15.5. The number of aromatic nitrogens is 1. The van der Waals surface area contributed by atoms with Gasteiger partial charge in [-0.3, -0.25) is 4.79 Å². The molecule has 0 radical (unpaired) electrons. The molecular weight excluding hydrogens is 312 g/mol. The van der Waals surface area contributed by atoms with Crippen LogP contribution in [0.15, 0.2) is 28.7 Å². The largest absolute Gasteiger partial charge is 0.508 e. The summed E-state index contributed by atoms with van der Waals surface area (Å²) in [7, 11) is 0. The highest BCUT2D eigenvalue weighted by Gasteiger charge is 2.27.